The van der Waals surface area contributed by atoms with Gasteiger partial charge in [-0.1, -0.05) is 0 Å². The third-order valence-corrected chi connectivity index (χ3v) is 1.87. The molecule has 0 aliphatic carbocycles. The van der Waals surface area contributed by atoms with Crippen molar-refractivity contribution in [1.82, 2.24) is 15.5 Å². The summed E-state index contributed by atoms with van der Waals surface area (Å²) in [5, 5.41) is 8.60. The smallest absolute Gasteiger partial charge is 0.244 e. The summed E-state index contributed by atoms with van der Waals surface area (Å²) in [6.45, 7) is 0. The Morgan fingerprint density at radius 2 is 2.43 bits per heavy atom. The second kappa shape index (κ2) is 4.66. The number of nitrogens with two attached hydrogens (primary N) is 1. The van der Waals surface area contributed by atoms with Crippen LogP contribution in [-0.2, 0) is 9.59 Å². The third kappa shape index (κ3) is 2.49. The Labute approximate surface area is 85.7 Å². The van der Waals surface area contributed by atoms with Gasteiger partial charge in [-0.25, -0.2) is 0 Å². The molecule has 7 heteroatoms. The number of carbonyl (C=O) groups excluding carboxylic acids is 2. The number of nitrogens with one attached hydrogen (secondary N) is 2. The van der Waals surface area contributed by atoms with Gasteiger partial charge in [-0.05, 0) is 0 Å². The first-order valence-electron chi connectivity index (χ1n) is 3.83. The minimum Gasteiger partial charge on any atom is -0.368 e. The van der Waals surface area contributed by atoms with E-state index in [1.165, 1.54) is 12.4 Å². The average Bonchev–Trinajstić information content (AvgIpc) is 2.65. The van der Waals surface area contributed by atoms with Gasteiger partial charge in [0.2, 0.25) is 11.8 Å². The van der Waals surface area contributed by atoms with Crippen molar-refractivity contribution in [1.29, 1.82) is 0 Å². The number of primary amides is 1. The third-order valence-electron chi connectivity index (χ3n) is 1.59. The van der Waals surface area contributed by atoms with Crippen molar-refractivity contribution in [2.75, 3.05) is 5.75 Å². The molecule has 0 bridgehead atoms. The minimum absolute atomic E-state index is 0.00162. The molecule has 76 valence electrons. The maximum Gasteiger partial charge on any atom is 0.244 e. The fourth-order valence-corrected chi connectivity index (χ4v) is 1.04. The number of aromatic amines is 1. The van der Waals surface area contributed by atoms with E-state index in [0.29, 0.717) is 5.56 Å². The number of hydrogen-bond donors (Lipinski definition) is 4. The number of hydrogen-bond acceptors (Lipinski definition) is 4. The van der Waals surface area contributed by atoms with Gasteiger partial charge in [-0.3, -0.25) is 14.7 Å². The highest BCUT2D eigenvalue weighted by atomic mass is 32.1. The number of thiol groups is 1. The highest BCUT2D eigenvalue weighted by Gasteiger charge is 2.20. The molecule has 0 aliphatic heterocycles. The van der Waals surface area contributed by atoms with Gasteiger partial charge in [0.15, 0.2) is 0 Å². The van der Waals surface area contributed by atoms with E-state index in [2.05, 4.69) is 28.1 Å². The van der Waals surface area contributed by atoms with Gasteiger partial charge in [-0.2, -0.15) is 17.7 Å². The second-order valence-electron chi connectivity index (χ2n) is 2.59. The van der Waals surface area contributed by atoms with Crippen molar-refractivity contribution in [2.24, 2.45) is 5.73 Å². The molecule has 1 aromatic heterocycles. The Balaban J connectivity index is 2.76. The van der Waals surface area contributed by atoms with E-state index in [0.717, 1.165) is 0 Å². The molecule has 0 spiro atoms. The molecule has 1 atom stereocenters. The standard InChI is InChI=1S/C7H10N4O2S/c8-7(13)6(11-5(12)3-14)4-1-9-10-2-4/h1-2,6,14H,3H2,(H2,8,13)(H,9,10)(H,11,12). The van der Waals surface area contributed by atoms with Crippen LogP contribution < -0.4 is 11.1 Å². The molecule has 1 unspecified atom stereocenters. The Bertz CT molecular complexity index is 324. The lowest BCUT2D eigenvalue weighted by atomic mass is 10.1. The van der Waals surface area contributed by atoms with Crippen LogP contribution in [0.3, 0.4) is 0 Å². The lowest BCUT2D eigenvalue weighted by Gasteiger charge is -2.12. The quantitative estimate of drug-likeness (QED) is 0.483. The Kier molecular flexibility index (Phi) is 3.52. The van der Waals surface area contributed by atoms with Gasteiger partial charge < -0.3 is 11.1 Å². The first-order chi connectivity index (χ1) is 6.65. The van der Waals surface area contributed by atoms with E-state index in [-0.39, 0.29) is 11.7 Å². The van der Waals surface area contributed by atoms with Crippen LogP contribution in [0.1, 0.15) is 11.6 Å². The molecule has 1 heterocycles. The first kappa shape index (κ1) is 10.6. The van der Waals surface area contributed by atoms with Gasteiger partial charge in [0.1, 0.15) is 6.04 Å². The maximum atomic E-state index is 11.0. The summed E-state index contributed by atoms with van der Waals surface area (Å²) in [5.74, 6) is -0.999. The fourth-order valence-electron chi connectivity index (χ4n) is 0.944. The fraction of sp³-hybridized carbons (Fsp3) is 0.286. The van der Waals surface area contributed by atoms with E-state index in [1.807, 2.05) is 0 Å². The van der Waals surface area contributed by atoms with Crippen LogP contribution in [0.25, 0.3) is 0 Å². The average molecular weight is 214 g/mol. The van der Waals surface area contributed by atoms with Crippen molar-refractivity contribution in [3.05, 3.63) is 18.0 Å². The SMILES string of the molecule is NC(=O)C(NC(=O)CS)c1cn[nH]c1. The summed E-state index contributed by atoms with van der Waals surface area (Å²) in [6, 6.07) is -0.853. The Morgan fingerprint density at radius 1 is 1.71 bits per heavy atom. The largest absolute Gasteiger partial charge is 0.368 e. The van der Waals surface area contributed by atoms with E-state index in [4.69, 9.17) is 5.73 Å². The molecule has 14 heavy (non-hydrogen) atoms. The molecule has 0 saturated heterocycles. The zero-order valence-corrected chi connectivity index (χ0v) is 8.12. The predicted octanol–water partition coefficient (Wildman–Crippen LogP) is -1.02. The molecular formula is C7H10N4O2S. The lowest BCUT2D eigenvalue weighted by molar-refractivity contribution is -0.126. The van der Waals surface area contributed by atoms with Crippen LogP contribution in [0.2, 0.25) is 0 Å². The van der Waals surface area contributed by atoms with Crippen molar-refractivity contribution >= 4 is 24.4 Å². The Morgan fingerprint density at radius 3 is 2.86 bits per heavy atom. The first-order valence-corrected chi connectivity index (χ1v) is 4.46. The Hall–Kier alpha value is -1.50. The number of rotatable bonds is 4. The zero-order valence-electron chi connectivity index (χ0n) is 7.23. The summed E-state index contributed by atoms with van der Waals surface area (Å²) in [6.07, 6.45) is 2.92. The van der Waals surface area contributed by atoms with Gasteiger partial charge in [0, 0.05) is 11.8 Å². The summed E-state index contributed by atoms with van der Waals surface area (Å²) in [7, 11) is 0. The number of carbonyl (C=O) groups is 2. The van der Waals surface area contributed by atoms with Gasteiger partial charge in [0.05, 0.1) is 11.9 Å². The predicted molar refractivity (Wildman–Crippen MR) is 52.5 cm³/mol. The van der Waals surface area contributed by atoms with Crippen LogP contribution in [0, 0.1) is 0 Å². The molecule has 0 aliphatic rings. The lowest BCUT2D eigenvalue weighted by Crippen LogP contribution is -2.37. The molecule has 4 N–H and O–H groups in total. The van der Waals surface area contributed by atoms with Gasteiger partial charge in [0.25, 0.3) is 0 Å². The van der Waals surface area contributed by atoms with Crippen molar-refractivity contribution < 1.29 is 9.59 Å². The zero-order chi connectivity index (χ0) is 10.6. The van der Waals surface area contributed by atoms with Crippen LogP contribution >= 0.6 is 12.6 Å². The van der Waals surface area contributed by atoms with Crippen LogP contribution in [0.15, 0.2) is 12.4 Å². The monoisotopic (exact) mass is 214 g/mol. The van der Waals surface area contributed by atoms with Crippen LogP contribution in [-0.4, -0.2) is 27.8 Å². The molecule has 0 saturated carbocycles. The number of nitrogens with zero attached hydrogens (tertiary/aromatic N) is 1. The second-order valence-corrected chi connectivity index (χ2v) is 2.91. The number of H-pyrrole nitrogens is 1. The molecule has 2 amide bonds. The molecule has 1 rings (SSSR count). The molecule has 0 aromatic carbocycles. The summed E-state index contributed by atoms with van der Waals surface area (Å²) in [5.41, 5.74) is 5.63. The van der Waals surface area contributed by atoms with Crippen molar-refractivity contribution in [3.63, 3.8) is 0 Å². The van der Waals surface area contributed by atoms with E-state index < -0.39 is 11.9 Å². The van der Waals surface area contributed by atoms with E-state index in [1.54, 1.807) is 0 Å². The van der Waals surface area contributed by atoms with E-state index in [9.17, 15) is 9.59 Å². The van der Waals surface area contributed by atoms with Crippen LogP contribution in [0.5, 0.6) is 0 Å². The summed E-state index contributed by atoms with van der Waals surface area (Å²) in [4.78, 5) is 22.0. The van der Waals surface area contributed by atoms with Gasteiger partial charge in [-0.15, -0.1) is 0 Å². The summed E-state index contributed by atoms with van der Waals surface area (Å²) >= 11 is 3.77. The van der Waals surface area contributed by atoms with Crippen molar-refractivity contribution in [2.45, 2.75) is 6.04 Å². The summed E-state index contributed by atoms with van der Waals surface area (Å²) < 4.78 is 0. The van der Waals surface area contributed by atoms with Crippen molar-refractivity contribution in [3.8, 4) is 0 Å². The highest BCUT2D eigenvalue weighted by molar-refractivity contribution is 7.81. The minimum atomic E-state index is -0.853. The molecule has 0 fully saturated rings. The molecule has 0 radical (unpaired) electrons. The number of amides is 2. The maximum absolute atomic E-state index is 11.0. The number of aromatic nitrogens is 2. The van der Waals surface area contributed by atoms with E-state index >= 15 is 0 Å². The van der Waals surface area contributed by atoms with Gasteiger partial charge >= 0.3 is 0 Å². The molecular weight excluding hydrogens is 204 g/mol. The molecule has 1 aromatic rings. The highest BCUT2D eigenvalue weighted by Crippen LogP contribution is 2.09. The topological polar surface area (TPSA) is 101 Å². The normalized spacial score (nSPS) is 12.1. The van der Waals surface area contributed by atoms with Crippen LogP contribution in [0.4, 0.5) is 0 Å². The molecule has 6 nitrogen and oxygen atoms in total.